The number of Topliss-reactive ketones (excluding diaryl/α,β-unsaturated/α-hetero) is 1. The fraction of sp³-hybridized carbons (Fsp3) is 0.158. The van der Waals surface area contributed by atoms with Crippen molar-refractivity contribution in [1.29, 1.82) is 0 Å². The number of carbonyl (C=O) groups is 2. The monoisotopic (exact) mass is 325 g/mol. The fourth-order valence-corrected chi connectivity index (χ4v) is 2.71. The van der Waals surface area contributed by atoms with Crippen LogP contribution in [0.25, 0.3) is 5.76 Å². The number of amides is 1. The second kappa shape index (κ2) is 6.28. The van der Waals surface area contributed by atoms with Crippen LogP contribution >= 0.6 is 0 Å². The summed E-state index contributed by atoms with van der Waals surface area (Å²) in [7, 11) is 1.52. The Morgan fingerprint density at radius 2 is 1.83 bits per heavy atom. The molecular weight excluding hydrogens is 309 g/mol. The number of carbonyl (C=O) groups excluding carboxylic acids is 2. The van der Waals surface area contributed by atoms with Crippen molar-refractivity contribution in [3.8, 4) is 0 Å². The lowest BCUT2D eigenvalue weighted by Gasteiger charge is -2.08. The van der Waals surface area contributed by atoms with E-state index in [4.69, 9.17) is 0 Å². The second-order valence-corrected chi connectivity index (χ2v) is 5.82. The first-order chi connectivity index (χ1) is 11.5. The molecule has 4 nitrogen and oxygen atoms in total. The first kappa shape index (κ1) is 15.9. The quantitative estimate of drug-likeness (QED) is 0.536. The summed E-state index contributed by atoms with van der Waals surface area (Å²) in [6, 6.07) is 13.3. The van der Waals surface area contributed by atoms with Gasteiger partial charge in [-0.3, -0.25) is 9.59 Å². The molecule has 2 aromatic carbocycles. The van der Waals surface area contributed by atoms with E-state index in [1.165, 1.54) is 24.1 Å². The Morgan fingerprint density at radius 3 is 2.46 bits per heavy atom. The zero-order chi connectivity index (χ0) is 17.3. The van der Waals surface area contributed by atoms with Gasteiger partial charge in [0.1, 0.15) is 11.6 Å². The minimum absolute atomic E-state index is 0.103. The van der Waals surface area contributed by atoms with Gasteiger partial charge in [0.2, 0.25) is 0 Å². The van der Waals surface area contributed by atoms with Crippen molar-refractivity contribution in [2.45, 2.75) is 6.42 Å². The SMILES string of the molecule is CN1C/C(=C(/O)c2cccc(Cc3ccc(F)cc3)c2)C(=O)C1=O. The zero-order valence-electron chi connectivity index (χ0n) is 13.1. The Kier molecular flexibility index (Phi) is 4.16. The first-order valence-electron chi connectivity index (χ1n) is 7.51. The Morgan fingerprint density at radius 1 is 1.12 bits per heavy atom. The molecule has 2 aromatic rings. The van der Waals surface area contributed by atoms with Gasteiger partial charge in [-0.15, -0.1) is 0 Å². The van der Waals surface area contributed by atoms with Gasteiger partial charge in [-0.05, 0) is 35.7 Å². The molecule has 5 heteroatoms. The number of likely N-dealkylation sites (tertiary alicyclic amines) is 1. The largest absolute Gasteiger partial charge is 0.507 e. The predicted molar refractivity (Wildman–Crippen MR) is 87.8 cm³/mol. The van der Waals surface area contributed by atoms with E-state index in [1.54, 1.807) is 30.3 Å². The highest BCUT2D eigenvalue weighted by atomic mass is 19.1. The molecule has 0 unspecified atom stereocenters. The van der Waals surface area contributed by atoms with Crippen molar-refractivity contribution in [3.63, 3.8) is 0 Å². The molecule has 1 saturated heterocycles. The van der Waals surface area contributed by atoms with E-state index in [1.807, 2.05) is 6.07 Å². The molecule has 1 fully saturated rings. The highest BCUT2D eigenvalue weighted by Crippen LogP contribution is 2.23. The van der Waals surface area contributed by atoms with E-state index < -0.39 is 11.7 Å². The van der Waals surface area contributed by atoms with Crippen molar-refractivity contribution in [2.75, 3.05) is 13.6 Å². The summed E-state index contributed by atoms with van der Waals surface area (Å²) in [6.07, 6.45) is 0.573. The number of aliphatic hydroxyl groups is 1. The number of likely N-dealkylation sites (N-methyl/N-ethyl adjacent to an activating group) is 1. The summed E-state index contributed by atoms with van der Waals surface area (Å²) in [5.74, 6) is -1.74. The number of hydrogen-bond donors (Lipinski definition) is 1. The van der Waals surface area contributed by atoms with E-state index in [0.717, 1.165) is 11.1 Å². The lowest BCUT2D eigenvalue weighted by Crippen LogP contribution is -2.22. The van der Waals surface area contributed by atoms with Crippen LogP contribution in [-0.2, 0) is 16.0 Å². The highest BCUT2D eigenvalue weighted by Gasteiger charge is 2.34. The number of ketones is 1. The Hall–Kier alpha value is -2.95. The van der Waals surface area contributed by atoms with E-state index in [9.17, 15) is 19.1 Å². The van der Waals surface area contributed by atoms with Gasteiger partial charge in [0.05, 0.1) is 12.1 Å². The molecule has 0 saturated carbocycles. The maximum Gasteiger partial charge on any atom is 0.294 e. The van der Waals surface area contributed by atoms with Crippen molar-refractivity contribution in [3.05, 3.63) is 76.6 Å². The molecule has 0 aromatic heterocycles. The van der Waals surface area contributed by atoms with E-state index in [-0.39, 0.29) is 23.7 Å². The van der Waals surface area contributed by atoms with Gasteiger partial charge in [-0.25, -0.2) is 4.39 Å². The molecule has 3 rings (SSSR count). The third kappa shape index (κ3) is 3.06. The van der Waals surface area contributed by atoms with Gasteiger partial charge in [-0.2, -0.15) is 0 Å². The molecule has 122 valence electrons. The molecule has 1 heterocycles. The van der Waals surface area contributed by atoms with Crippen molar-refractivity contribution >= 4 is 17.4 Å². The summed E-state index contributed by atoms with van der Waals surface area (Å²) in [4.78, 5) is 24.8. The van der Waals surface area contributed by atoms with Crippen molar-refractivity contribution in [2.24, 2.45) is 0 Å². The maximum atomic E-state index is 13.0. The average molecular weight is 325 g/mol. The Bertz CT molecular complexity index is 840. The Balaban J connectivity index is 1.89. The standard InChI is InChI=1S/C19H16FNO3/c1-21-11-16(18(23)19(21)24)17(22)14-4-2-3-13(10-14)9-12-5-7-15(20)8-6-12/h2-8,10,22H,9,11H2,1H3/b17-16-. The van der Waals surface area contributed by atoms with Crippen LogP contribution < -0.4 is 0 Å². The van der Waals surface area contributed by atoms with Gasteiger partial charge in [0.25, 0.3) is 11.7 Å². The molecule has 1 N–H and O–H groups in total. The molecule has 24 heavy (non-hydrogen) atoms. The molecule has 1 aliphatic rings. The van der Waals surface area contributed by atoms with Crippen LogP contribution in [0.15, 0.2) is 54.1 Å². The second-order valence-electron chi connectivity index (χ2n) is 5.82. The van der Waals surface area contributed by atoms with Crippen LogP contribution in [0.3, 0.4) is 0 Å². The number of aliphatic hydroxyl groups excluding tert-OH is 1. The van der Waals surface area contributed by atoms with Gasteiger partial charge < -0.3 is 10.0 Å². The molecule has 0 bridgehead atoms. The molecule has 0 atom stereocenters. The summed E-state index contributed by atoms with van der Waals surface area (Å²) >= 11 is 0. The number of rotatable bonds is 3. The predicted octanol–water partition coefficient (Wildman–Crippen LogP) is 2.73. The van der Waals surface area contributed by atoms with E-state index in [0.29, 0.717) is 12.0 Å². The summed E-state index contributed by atoms with van der Waals surface area (Å²) in [6.45, 7) is 0.103. The molecule has 0 radical (unpaired) electrons. The normalized spacial score (nSPS) is 16.7. The molecule has 0 aliphatic carbocycles. The minimum atomic E-state index is -0.668. The zero-order valence-corrected chi connectivity index (χ0v) is 13.1. The molecular formula is C19H16FNO3. The molecule has 1 amide bonds. The Labute approximate surface area is 138 Å². The summed E-state index contributed by atoms with van der Waals surface area (Å²) in [5.41, 5.74) is 2.45. The van der Waals surface area contributed by atoms with E-state index in [2.05, 4.69) is 0 Å². The van der Waals surface area contributed by atoms with Gasteiger partial charge in [0, 0.05) is 12.6 Å². The van der Waals surface area contributed by atoms with Crippen LogP contribution in [0, 0.1) is 5.82 Å². The maximum absolute atomic E-state index is 13.0. The number of benzene rings is 2. The van der Waals surface area contributed by atoms with Crippen molar-refractivity contribution < 1.29 is 19.1 Å². The van der Waals surface area contributed by atoms with Crippen LogP contribution in [0.4, 0.5) is 4.39 Å². The lowest BCUT2D eigenvalue weighted by molar-refractivity contribution is -0.138. The number of halogens is 1. The van der Waals surface area contributed by atoms with Crippen LogP contribution in [0.2, 0.25) is 0 Å². The van der Waals surface area contributed by atoms with Gasteiger partial charge >= 0.3 is 0 Å². The summed E-state index contributed by atoms with van der Waals surface area (Å²) < 4.78 is 13.0. The van der Waals surface area contributed by atoms with Crippen LogP contribution in [0.5, 0.6) is 0 Å². The molecule has 0 spiro atoms. The lowest BCUT2D eigenvalue weighted by atomic mass is 10.00. The number of nitrogens with zero attached hydrogens (tertiary/aromatic N) is 1. The first-order valence-corrected chi connectivity index (χ1v) is 7.51. The topological polar surface area (TPSA) is 57.6 Å². The fourth-order valence-electron chi connectivity index (χ4n) is 2.71. The minimum Gasteiger partial charge on any atom is -0.507 e. The smallest absolute Gasteiger partial charge is 0.294 e. The third-order valence-electron chi connectivity index (χ3n) is 4.02. The summed E-state index contributed by atoms with van der Waals surface area (Å²) in [5, 5.41) is 10.4. The van der Waals surface area contributed by atoms with Gasteiger partial charge in [0.15, 0.2) is 0 Å². The number of hydrogen-bond acceptors (Lipinski definition) is 3. The van der Waals surface area contributed by atoms with Crippen molar-refractivity contribution in [1.82, 2.24) is 4.90 Å². The van der Waals surface area contributed by atoms with Gasteiger partial charge in [-0.1, -0.05) is 30.3 Å². The van der Waals surface area contributed by atoms with E-state index >= 15 is 0 Å². The average Bonchev–Trinajstić information content (AvgIpc) is 2.84. The third-order valence-corrected chi connectivity index (χ3v) is 4.02. The van der Waals surface area contributed by atoms with Crippen LogP contribution in [0.1, 0.15) is 16.7 Å². The molecule has 1 aliphatic heterocycles. The van der Waals surface area contributed by atoms with Crippen LogP contribution in [-0.4, -0.2) is 35.3 Å². The highest BCUT2D eigenvalue weighted by molar-refractivity contribution is 6.46.